The van der Waals surface area contributed by atoms with E-state index in [4.69, 9.17) is 11.6 Å². The van der Waals surface area contributed by atoms with Crippen LogP contribution in [0.15, 0.2) is 60.9 Å². The molecule has 0 radical (unpaired) electrons. The molecule has 0 aliphatic carbocycles. The van der Waals surface area contributed by atoms with Gasteiger partial charge in [0.05, 0.1) is 16.8 Å². The first-order valence-corrected chi connectivity index (χ1v) is 10.0. The van der Waals surface area contributed by atoms with E-state index in [1.807, 2.05) is 62.4 Å². The summed E-state index contributed by atoms with van der Waals surface area (Å²) in [6.07, 6.45) is 3.49. The van der Waals surface area contributed by atoms with Gasteiger partial charge < -0.3 is 0 Å². The molecule has 0 atom stereocenters. The maximum absolute atomic E-state index is 13.4. The van der Waals surface area contributed by atoms with Crippen molar-refractivity contribution in [1.29, 1.82) is 0 Å². The van der Waals surface area contributed by atoms with Crippen molar-refractivity contribution < 1.29 is 4.79 Å². The number of carbonyl (C=O) groups excluding carboxylic acids is 1. The lowest BCUT2D eigenvalue weighted by Gasteiger charge is -2.20. The number of aryl methyl sites for hydroxylation is 2. The molecule has 0 unspecified atom stereocenters. The zero-order valence-electron chi connectivity index (χ0n) is 15.5. The summed E-state index contributed by atoms with van der Waals surface area (Å²) in [5, 5.41) is 1.30. The fourth-order valence-corrected chi connectivity index (χ4v) is 4.17. The number of pyridine rings is 1. The summed E-state index contributed by atoms with van der Waals surface area (Å²) in [6, 6.07) is 15.2. The number of hydrogen-bond donors (Lipinski definition) is 0. The number of anilines is 1. The molecule has 2 aromatic heterocycles. The van der Waals surface area contributed by atoms with Crippen molar-refractivity contribution >= 4 is 44.2 Å². The molecule has 0 N–H and O–H groups in total. The van der Waals surface area contributed by atoms with Crippen LogP contribution in [0.3, 0.4) is 0 Å². The normalized spacial score (nSPS) is 11.0. The second-order valence-corrected chi connectivity index (χ2v) is 8.11. The molecule has 0 saturated carbocycles. The van der Waals surface area contributed by atoms with E-state index in [0.717, 1.165) is 26.9 Å². The summed E-state index contributed by atoms with van der Waals surface area (Å²) in [7, 11) is 0. The zero-order valence-corrected chi connectivity index (χ0v) is 17.1. The molecule has 0 fully saturated rings. The Kier molecular flexibility index (Phi) is 5.11. The molecule has 6 heteroatoms. The Balaban J connectivity index is 1.78. The fraction of sp³-hybridized carbons (Fsp3) is 0.136. The van der Waals surface area contributed by atoms with E-state index in [0.29, 0.717) is 22.3 Å². The Bertz CT molecular complexity index is 1160. The van der Waals surface area contributed by atoms with Crippen LogP contribution in [-0.4, -0.2) is 15.9 Å². The molecule has 4 nitrogen and oxygen atoms in total. The third-order valence-electron chi connectivity index (χ3n) is 4.63. The van der Waals surface area contributed by atoms with Crippen LogP contribution in [0.2, 0.25) is 5.02 Å². The molecule has 28 heavy (non-hydrogen) atoms. The third-order valence-corrected chi connectivity index (χ3v) is 5.91. The largest absolute Gasteiger partial charge is 0.279 e. The average Bonchev–Trinajstić information content (AvgIpc) is 3.11. The molecule has 140 valence electrons. The SMILES string of the molecule is Cc1ccc(C(=O)N(Cc2cccnc2)c2nc3ccc(Cl)cc3s2)cc1C. The number of amides is 1. The Labute approximate surface area is 172 Å². The van der Waals surface area contributed by atoms with Gasteiger partial charge in [0.2, 0.25) is 0 Å². The van der Waals surface area contributed by atoms with Crippen molar-refractivity contribution in [2.24, 2.45) is 0 Å². The quantitative estimate of drug-likeness (QED) is 0.429. The zero-order chi connectivity index (χ0) is 19.7. The van der Waals surface area contributed by atoms with E-state index >= 15 is 0 Å². The number of fused-ring (bicyclic) bond motifs is 1. The Morgan fingerprint density at radius 1 is 1.11 bits per heavy atom. The molecule has 0 saturated heterocycles. The highest BCUT2D eigenvalue weighted by Gasteiger charge is 2.22. The van der Waals surface area contributed by atoms with E-state index in [2.05, 4.69) is 9.97 Å². The van der Waals surface area contributed by atoms with Crippen LogP contribution in [0.25, 0.3) is 10.2 Å². The van der Waals surface area contributed by atoms with E-state index in [9.17, 15) is 4.79 Å². The number of benzene rings is 2. The summed E-state index contributed by atoms with van der Waals surface area (Å²) >= 11 is 7.58. The van der Waals surface area contributed by atoms with Crippen molar-refractivity contribution in [2.75, 3.05) is 4.90 Å². The summed E-state index contributed by atoms with van der Waals surface area (Å²) in [4.78, 5) is 24.0. The van der Waals surface area contributed by atoms with Crippen LogP contribution in [0.4, 0.5) is 5.13 Å². The number of aromatic nitrogens is 2. The van der Waals surface area contributed by atoms with Crippen molar-refractivity contribution in [3.63, 3.8) is 0 Å². The van der Waals surface area contributed by atoms with Crippen molar-refractivity contribution in [3.8, 4) is 0 Å². The van der Waals surface area contributed by atoms with Gasteiger partial charge in [-0.25, -0.2) is 4.98 Å². The highest BCUT2D eigenvalue weighted by atomic mass is 35.5. The topological polar surface area (TPSA) is 46.1 Å². The minimum absolute atomic E-state index is 0.0860. The highest BCUT2D eigenvalue weighted by molar-refractivity contribution is 7.22. The van der Waals surface area contributed by atoms with E-state index in [-0.39, 0.29) is 5.91 Å². The van der Waals surface area contributed by atoms with Crippen LogP contribution in [-0.2, 0) is 6.54 Å². The lowest BCUT2D eigenvalue weighted by atomic mass is 10.1. The molecule has 2 heterocycles. The Morgan fingerprint density at radius 3 is 2.71 bits per heavy atom. The summed E-state index contributed by atoms with van der Waals surface area (Å²) in [6.45, 7) is 4.44. The molecule has 4 aromatic rings. The molecule has 4 rings (SSSR count). The monoisotopic (exact) mass is 407 g/mol. The lowest BCUT2D eigenvalue weighted by Crippen LogP contribution is -2.30. The van der Waals surface area contributed by atoms with Gasteiger partial charge >= 0.3 is 0 Å². The maximum Gasteiger partial charge on any atom is 0.260 e. The third kappa shape index (κ3) is 3.77. The first kappa shape index (κ1) is 18.6. The predicted molar refractivity (Wildman–Crippen MR) is 115 cm³/mol. The van der Waals surface area contributed by atoms with E-state index in [1.54, 1.807) is 17.3 Å². The Morgan fingerprint density at radius 2 is 1.96 bits per heavy atom. The van der Waals surface area contributed by atoms with Gasteiger partial charge in [0.1, 0.15) is 0 Å². The number of thiazole rings is 1. The Hall–Kier alpha value is -2.76. The second-order valence-electron chi connectivity index (χ2n) is 6.66. The second kappa shape index (κ2) is 7.70. The maximum atomic E-state index is 13.4. The van der Waals surface area contributed by atoms with E-state index < -0.39 is 0 Å². The van der Waals surface area contributed by atoms with Crippen LogP contribution in [0.1, 0.15) is 27.0 Å². The van der Waals surface area contributed by atoms with E-state index in [1.165, 1.54) is 11.3 Å². The van der Waals surface area contributed by atoms with Gasteiger partial charge in [-0.15, -0.1) is 0 Å². The summed E-state index contributed by atoms with van der Waals surface area (Å²) < 4.78 is 0.951. The number of nitrogens with zero attached hydrogens (tertiary/aromatic N) is 3. The summed E-state index contributed by atoms with van der Waals surface area (Å²) in [5.41, 5.74) is 4.66. The van der Waals surface area contributed by atoms with Crippen LogP contribution >= 0.6 is 22.9 Å². The van der Waals surface area contributed by atoms with Gasteiger partial charge in [-0.3, -0.25) is 14.7 Å². The standard InChI is InChI=1S/C22H18ClN3OS/c1-14-5-6-17(10-15(14)2)21(27)26(13-16-4-3-9-24-12-16)22-25-19-8-7-18(23)11-20(19)28-22/h3-12H,13H2,1-2H3. The van der Waals surface area contributed by atoms with Crippen LogP contribution < -0.4 is 4.90 Å². The highest BCUT2D eigenvalue weighted by Crippen LogP contribution is 2.32. The van der Waals surface area contributed by atoms with Gasteiger partial charge in [0.25, 0.3) is 5.91 Å². The van der Waals surface area contributed by atoms with Crippen LogP contribution in [0, 0.1) is 13.8 Å². The number of rotatable bonds is 4. The molecule has 0 aliphatic heterocycles. The molecule has 0 spiro atoms. The molecule has 0 aliphatic rings. The first-order chi connectivity index (χ1) is 13.5. The molecular weight excluding hydrogens is 390 g/mol. The van der Waals surface area contributed by atoms with Crippen molar-refractivity contribution in [2.45, 2.75) is 20.4 Å². The number of halogens is 1. The molecule has 2 aromatic carbocycles. The smallest absolute Gasteiger partial charge is 0.260 e. The van der Waals surface area contributed by atoms with Gasteiger partial charge in [0.15, 0.2) is 5.13 Å². The van der Waals surface area contributed by atoms with Gasteiger partial charge in [-0.05, 0) is 66.9 Å². The van der Waals surface area contributed by atoms with Gasteiger partial charge in [-0.1, -0.05) is 35.1 Å². The summed E-state index contributed by atoms with van der Waals surface area (Å²) in [5.74, 6) is -0.0860. The number of hydrogen-bond acceptors (Lipinski definition) is 4. The molecular formula is C22H18ClN3OS. The van der Waals surface area contributed by atoms with Crippen molar-refractivity contribution in [3.05, 3.63) is 88.2 Å². The van der Waals surface area contributed by atoms with Gasteiger partial charge in [0, 0.05) is 23.0 Å². The minimum atomic E-state index is -0.0860. The van der Waals surface area contributed by atoms with Gasteiger partial charge in [-0.2, -0.15) is 0 Å². The van der Waals surface area contributed by atoms with Crippen LogP contribution in [0.5, 0.6) is 0 Å². The first-order valence-electron chi connectivity index (χ1n) is 8.85. The lowest BCUT2D eigenvalue weighted by molar-refractivity contribution is 0.0985. The fourth-order valence-electron chi connectivity index (χ4n) is 2.93. The predicted octanol–water partition coefficient (Wildman–Crippen LogP) is 5.81. The molecule has 0 bridgehead atoms. The molecule has 1 amide bonds. The average molecular weight is 408 g/mol. The van der Waals surface area contributed by atoms with Crippen molar-refractivity contribution in [1.82, 2.24) is 9.97 Å². The minimum Gasteiger partial charge on any atom is -0.279 e. The number of carbonyl (C=O) groups is 1.